The van der Waals surface area contributed by atoms with Crippen LogP contribution in [0.2, 0.25) is 0 Å². The Labute approximate surface area is 110 Å². The van der Waals surface area contributed by atoms with E-state index in [1.54, 1.807) is 11.3 Å². The largest absolute Gasteiger partial charge is 0.329 e. The number of nitrogens with two attached hydrogens (primary N) is 1. The van der Waals surface area contributed by atoms with Crippen molar-refractivity contribution in [3.05, 3.63) is 20.8 Å². The van der Waals surface area contributed by atoms with Gasteiger partial charge in [-0.1, -0.05) is 6.92 Å². The molecule has 0 amide bonds. The Morgan fingerprint density at radius 2 is 2.31 bits per heavy atom. The highest BCUT2D eigenvalue weighted by atomic mass is 79.9. The molecule has 0 saturated heterocycles. The van der Waals surface area contributed by atoms with Crippen molar-refractivity contribution in [1.29, 1.82) is 0 Å². The fourth-order valence-corrected chi connectivity index (χ4v) is 3.94. The number of rotatable bonds is 4. The molecule has 0 radical (unpaired) electrons. The molecule has 0 unspecified atom stereocenters. The molecule has 2 rings (SSSR count). The van der Waals surface area contributed by atoms with Gasteiger partial charge >= 0.3 is 0 Å². The normalized spacial score (nSPS) is 29.4. The Hall–Kier alpha value is 0.100. The van der Waals surface area contributed by atoms with E-state index in [2.05, 4.69) is 46.2 Å². The molecule has 1 fully saturated rings. The van der Waals surface area contributed by atoms with Crippen molar-refractivity contribution in [2.24, 2.45) is 11.7 Å². The highest BCUT2D eigenvalue weighted by Crippen LogP contribution is 2.41. The molecule has 2 N–H and O–H groups in total. The lowest BCUT2D eigenvalue weighted by atomic mass is 9.68. The van der Waals surface area contributed by atoms with Crippen LogP contribution in [0.25, 0.3) is 0 Å². The first-order chi connectivity index (χ1) is 7.55. The lowest BCUT2D eigenvalue weighted by molar-refractivity contribution is 0.000346. The van der Waals surface area contributed by atoms with Crippen molar-refractivity contribution in [3.63, 3.8) is 0 Å². The summed E-state index contributed by atoms with van der Waals surface area (Å²) in [4.78, 5) is 2.43. The molecule has 0 bridgehead atoms. The van der Waals surface area contributed by atoms with E-state index in [1.165, 1.54) is 22.2 Å². The van der Waals surface area contributed by atoms with Crippen LogP contribution < -0.4 is 5.73 Å². The summed E-state index contributed by atoms with van der Waals surface area (Å²) in [6.07, 6.45) is 2.48. The molecular weight excluding hydrogens is 284 g/mol. The molecule has 0 atom stereocenters. The predicted molar refractivity (Wildman–Crippen MR) is 73.7 cm³/mol. The first-order valence-electron chi connectivity index (χ1n) is 5.70. The molecule has 1 aliphatic rings. The van der Waals surface area contributed by atoms with Gasteiger partial charge in [-0.15, -0.1) is 11.3 Å². The van der Waals surface area contributed by atoms with E-state index < -0.39 is 0 Å². The average molecular weight is 303 g/mol. The molecule has 1 aromatic rings. The van der Waals surface area contributed by atoms with Gasteiger partial charge in [-0.3, -0.25) is 4.90 Å². The second-order valence-electron chi connectivity index (χ2n) is 5.06. The van der Waals surface area contributed by atoms with Gasteiger partial charge < -0.3 is 5.73 Å². The van der Waals surface area contributed by atoms with Gasteiger partial charge in [0.1, 0.15) is 0 Å². The monoisotopic (exact) mass is 302 g/mol. The number of hydrogen-bond donors (Lipinski definition) is 1. The second kappa shape index (κ2) is 4.77. The number of halogens is 1. The van der Waals surface area contributed by atoms with Crippen LogP contribution in [-0.2, 0) is 6.54 Å². The maximum Gasteiger partial charge on any atom is 0.0701 e. The third-order valence-corrected chi connectivity index (χ3v) is 5.24. The van der Waals surface area contributed by atoms with E-state index >= 15 is 0 Å². The van der Waals surface area contributed by atoms with Crippen LogP contribution in [0.15, 0.2) is 15.2 Å². The molecule has 1 aliphatic carbocycles. The van der Waals surface area contributed by atoms with Gasteiger partial charge in [-0.25, -0.2) is 0 Å². The SMILES string of the molecule is CC1CC(CN)(N(C)Cc2csc(Br)c2)C1. The average Bonchev–Trinajstić information content (AvgIpc) is 2.58. The van der Waals surface area contributed by atoms with E-state index in [-0.39, 0.29) is 5.54 Å². The van der Waals surface area contributed by atoms with Gasteiger partial charge in [0.2, 0.25) is 0 Å². The van der Waals surface area contributed by atoms with Crippen molar-refractivity contribution in [1.82, 2.24) is 4.90 Å². The Morgan fingerprint density at radius 3 is 2.75 bits per heavy atom. The van der Waals surface area contributed by atoms with Crippen LogP contribution in [0.3, 0.4) is 0 Å². The van der Waals surface area contributed by atoms with Crippen molar-refractivity contribution in [2.45, 2.75) is 31.8 Å². The van der Waals surface area contributed by atoms with E-state index in [0.29, 0.717) is 0 Å². The van der Waals surface area contributed by atoms with Crippen LogP contribution in [0.5, 0.6) is 0 Å². The Morgan fingerprint density at radius 1 is 1.62 bits per heavy atom. The summed E-state index contributed by atoms with van der Waals surface area (Å²) in [5.74, 6) is 0.834. The van der Waals surface area contributed by atoms with Gasteiger partial charge in [-0.05, 0) is 58.7 Å². The van der Waals surface area contributed by atoms with Crippen LogP contribution in [-0.4, -0.2) is 24.0 Å². The maximum absolute atomic E-state index is 5.94. The zero-order chi connectivity index (χ0) is 11.8. The third kappa shape index (κ3) is 2.35. The summed E-state index contributed by atoms with van der Waals surface area (Å²) in [7, 11) is 2.20. The van der Waals surface area contributed by atoms with Gasteiger partial charge in [0.05, 0.1) is 3.79 Å². The highest BCUT2D eigenvalue weighted by Gasteiger charge is 2.43. The van der Waals surface area contributed by atoms with Crippen molar-refractivity contribution >= 4 is 27.3 Å². The summed E-state index contributed by atoms with van der Waals surface area (Å²) in [5, 5.41) is 2.22. The Bertz CT molecular complexity index is 358. The molecule has 4 heteroatoms. The summed E-state index contributed by atoms with van der Waals surface area (Å²) < 4.78 is 1.21. The summed E-state index contributed by atoms with van der Waals surface area (Å²) in [5.41, 5.74) is 7.58. The molecule has 2 nitrogen and oxygen atoms in total. The van der Waals surface area contributed by atoms with Gasteiger partial charge in [-0.2, -0.15) is 0 Å². The zero-order valence-corrected chi connectivity index (χ0v) is 12.3. The summed E-state index contributed by atoms with van der Waals surface area (Å²) in [6.45, 7) is 4.09. The van der Waals surface area contributed by atoms with Crippen molar-refractivity contribution in [3.8, 4) is 0 Å². The molecule has 90 valence electrons. The molecular formula is C12H19BrN2S. The number of nitrogens with zero attached hydrogens (tertiary/aromatic N) is 1. The van der Waals surface area contributed by atoms with E-state index in [9.17, 15) is 0 Å². The van der Waals surface area contributed by atoms with Gasteiger partial charge in [0, 0.05) is 18.6 Å². The minimum Gasteiger partial charge on any atom is -0.329 e. The molecule has 16 heavy (non-hydrogen) atoms. The number of likely N-dealkylation sites (N-methyl/N-ethyl adjacent to an activating group) is 1. The van der Waals surface area contributed by atoms with E-state index in [4.69, 9.17) is 5.73 Å². The molecule has 0 spiro atoms. The van der Waals surface area contributed by atoms with Crippen LogP contribution in [0, 0.1) is 5.92 Å². The number of thiophene rings is 1. The molecule has 0 aromatic carbocycles. The first-order valence-corrected chi connectivity index (χ1v) is 7.37. The molecule has 0 aliphatic heterocycles. The highest BCUT2D eigenvalue weighted by molar-refractivity contribution is 9.11. The van der Waals surface area contributed by atoms with Crippen molar-refractivity contribution < 1.29 is 0 Å². The standard InChI is InChI=1S/C12H19BrN2S/c1-9-4-12(5-9,8-14)15(2)6-10-3-11(13)16-7-10/h3,7,9H,4-6,8,14H2,1-2H3. The second-order valence-corrected chi connectivity index (χ2v) is 7.35. The third-order valence-electron chi connectivity index (χ3n) is 3.69. The van der Waals surface area contributed by atoms with E-state index in [1.807, 2.05) is 0 Å². The summed E-state index contributed by atoms with van der Waals surface area (Å²) >= 11 is 5.26. The summed E-state index contributed by atoms with van der Waals surface area (Å²) in [6, 6.07) is 2.20. The Kier molecular flexibility index (Phi) is 3.74. The fraction of sp³-hybridized carbons (Fsp3) is 0.667. The molecule has 1 aromatic heterocycles. The van der Waals surface area contributed by atoms with Gasteiger partial charge in [0.25, 0.3) is 0 Å². The molecule has 1 saturated carbocycles. The van der Waals surface area contributed by atoms with Crippen LogP contribution >= 0.6 is 27.3 Å². The Balaban J connectivity index is 1.99. The maximum atomic E-state index is 5.94. The zero-order valence-electron chi connectivity index (χ0n) is 9.87. The fourth-order valence-electron chi connectivity index (χ4n) is 2.74. The lowest BCUT2D eigenvalue weighted by Gasteiger charge is -2.52. The minimum atomic E-state index is 0.258. The first kappa shape index (κ1) is 12.6. The number of hydrogen-bond acceptors (Lipinski definition) is 3. The minimum absolute atomic E-state index is 0.258. The van der Waals surface area contributed by atoms with Gasteiger partial charge in [0.15, 0.2) is 0 Å². The van der Waals surface area contributed by atoms with E-state index in [0.717, 1.165) is 19.0 Å². The van der Waals surface area contributed by atoms with Crippen LogP contribution in [0.1, 0.15) is 25.3 Å². The van der Waals surface area contributed by atoms with Crippen molar-refractivity contribution in [2.75, 3.05) is 13.6 Å². The lowest BCUT2D eigenvalue weighted by Crippen LogP contribution is -2.59. The smallest absolute Gasteiger partial charge is 0.0701 e. The topological polar surface area (TPSA) is 29.3 Å². The predicted octanol–water partition coefficient (Wildman–Crippen LogP) is 3.07. The quantitative estimate of drug-likeness (QED) is 0.926. The van der Waals surface area contributed by atoms with Crippen LogP contribution in [0.4, 0.5) is 0 Å². The molecule has 1 heterocycles.